The van der Waals surface area contributed by atoms with E-state index in [9.17, 15) is 0 Å². The van der Waals surface area contributed by atoms with Gasteiger partial charge in [-0.15, -0.1) is 0 Å². The molecule has 0 aromatic carbocycles. The van der Waals surface area contributed by atoms with Gasteiger partial charge in [0.1, 0.15) is 0 Å². The van der Waals surface area contributed by atoms with Crippen LogP contribution >= 0.6 is 0 Å². The van der Waals surface area contributed by atoms with Gasteiger partial charge in [-0.2, -0.15) is 0 Å². The zero-order valence-corrected chi connectivity index (χ0v) is 11.6. The van der Waals surface area contributed by atoms with Crippen LogP contribution in [0.4, 0.5) is 0 Å². The minimum absolute atomic E-state index is 0.0000694. The molecular weight excluding hydrogens is 212 g/mol. The Morgan fingerprint density at radius 1 is 1.24 bits per heavy atom. The second-order valence-electron chi connectivity index (χ2n) is 6.23. The van der Waals surface area contributed by atoms with Crippen molar-refractivity contribution in [3.05, 3.63) is 0 Å². The lowest BCUT2D eigenvalue weighted by atomic mass is 9.92. The first kappa shape index (κ1) is 13.3. The maximum atomic E-state index is 6.06. The zero-order chi connectivity index (χ0) is 12.5. The molecule has 2 N–H and O–H groups in total. The Balaban J connectivity index is 2.02. The largest absolute Gasteiger partial charge is 0.380 e. The van der Waals surface area contributed by atoms with Gasteiger partial charge in [0.2, 0.25) is 0 Å². The molecule has 0 aliphatic heterocycles. The average Bonchev–Trinajstić information content (AvgIpc) is 3.20. The van der Waals surface area contributed by atoms with Crippen LogP contribution in [0.2, 0.25) is 0 Å². The molecule has 0 bridgehead atoms. The van der Waals surface area contributed by atoms with Crippen LogP contribution in [0.5, 0.6) is 0 Å². The van der Waals surface area contributed by atoms with Crippen LogP contribution in [0, 0.1) is 11.8 Å². The van der Waals surface area contributed by atoms with E-state index in [1.807, 2.05) is 0 Å². The highest BCUT2D eigenvalue weighted by molar-refractivity contribution is 4.97. The molecule has 0 spiro atoms. The Hall–Kier alpha value is -0.120. The fraction of sp³-hybridized carbons (Fsp3) is 1.00. The summed E-state index contributed by atoms with van der Waals surface area (Å²) in [4.78, 5) is 2.62. The lowest BCUT2D eigenvalue weighted by Gasteiger charge is -2.44. The van der Waals surface area contributed by atoms with E-state index in [0.717, 1.165) is 11.8 Å². The van der Waals surface area contributed by atoms with Crippen molar-refractivity contribution in [1.82, 2.24) is 4.90 Å². The first-order valence-corrected chi connectivity index (χ1v) is 7.08. The minimum atomic E-state index is -0.0000694. The Labute approximate surface area is 106 Å². The molecule has 2 fully saturated rings. The maximum absolute atomic E-state index is 6.06. The Morgan fingerprint density at radius 2 is 1.71 bits per heavy atom. The molecule has 2 saturated carbocycles. The van der Waals surface area contributed by atoms with Gasteiger partial charge in [0, 0.05) is 26.7 Å². The molecule has 100 valence electrons. The van der Waals surface area contributed by atoms with Gasteiger partial charge in [0.25, 0.3) is 0 Å². The van der Waals surface area contributed by atoms with Crippen LogP contribution in [0.15, 0.2) is 0 Å². The van der Waals surface area contributed by atoms with E-state index in [4.69, 9.17) is 10.5 Å². The van der Waals surface area contributed by atoms with E-state index >= 15 is 0 Å². The summed E-state index contributed by atoms with van der Waals surface area (Å²) in [6.07, 6.45) is 5.82. The van der Waals surface area contributed by atoms with Crippen molar-refractivity contribution in [2.75, 3.05) is 26.7 Å². The minimum Gasteiger partial charge on any atom is -0.380 e. The van der Waals surface area contributed by atoms with E-state index in [2.05, 4.69) is 18.7 Å². The van der Waals surface area contributed by atoms with Gasteiger partial charge in [-0.3, -0.25) is 4.90 Å². The number of hydrogen-bond donors (Lipinski definition) is 1. The number of rotatable bonds is 8. The number of hydrogen-bond acceptors (Lipinski definition) is 3. The van der Waals surface area contributed by atoms with Gasteiger partial charge in [-0.1, -0.05) is 0 Å². The number of methoxy groups -OCH3 is 1. The number of nitrogens with zero attached hydrogens (tertiary/aromatic N) is 1. The fourth-order valence-electron chi connectivity index (χ4n) is 2.52. The van der Waals surface area contributed by atoms with Gasteiger partial charge >= 0.3 is 0 Å². The molecule has 2 aliphatic carbocycles. The third-order valence-corrected chi connectivity index (χ3v) is 4.72. The molecular formula is C14H28N2O. The van der Waals surface area contributed by atoms with Gasteiger partial charge in [0.15, 0.2) is 0 Å². The molecule has 2 rings (SSSR count). The highest BCUT2D eigenvalue weighted by Crippen LogP contribution is 2.37. The van der Waals surface area contributed by atoms with Crippen molar-refractivity contribution in [3.63, 3.8) is 0 Å². The first-order chi connectivity index (χ1) is 8.10. The summed E-state index contributed by atoms with van der Waals surface area (Å²) >= 11 is 0. The molecule has 17 heavy (non-hydrogen) atoms. The van der Waals surface area contributed by atoms with Crippen LogP contribution in [0.1, 0.15) is 39.5 Å². The Bertz CT molecular complexity index is 237. The van der Waals surface area contributed by atoms with Crippen LogP contribution < -0.4 is 5.73 Å². The summed E-state index contributed by atoms with van der Waals surface area (Å²) in [5.41, 5.74) is 6.05. The summed E-state index contributed by atoms with van der Waals surface area (Å²) < 4.78 is 5.57. The van der Waals surface area contributed by atoms with Crippen molar-refractivity contribution >= 4 is 0 Å². The lowest BCUT2D eigenvalue weighted by Crippen LogP contribution is -2.59. The molecule has 3 nitrogen and oxygen atoms in total. The van der Waals surface area contributed by atoms with E-state index in [1.54, 1.807) is 7.11 Å². The predicted molar refractivity (Wildman–Crippen MR) is 71.0 cm³/mol. The highest BCUT2D eigenvalue weighted by atomic mass is 16.5. The van der Waals surface area contributed by atoms with Crippen molar-refractivity contribution < 1.29 is 4.74 Å². The third kappa shape index (κ3) is 3.21. The topological polar surface area (TPSA) is 38.5 Å². The standard InChI is InChI=1S/C14H28N2O/c1-11(17-3)14(2,10-15)16(8-12-4-5-12)9-13-6-7-13/h11-13H,4-10,15H2,1-3H3. The summed E-state index contributed by atoms with van der Waals surface area (Å²) in [5.74, 6) is 1.84. The fourth-order valence-corrected chi connectivity index (χ4v) is 2.52. The van der Waals surface area contributed by atoms with Crippen molar-refractivity contribution in [2.45, 2.75) is 51.2 Å². The molecule has 0 amide bonds. The molecule has 0 heterocycles. The van der Waals surface area contributed by atoms with E-state index in [0.29, 0.717) is 6.54 Å². The quantitative estimate of drug-likeness (QED) is 0.704. The molecule has 2 atom stereocenters. The van der Waals surface area contributed by atoms with E-state index < -0.39 is 0 Å². The van der Waals surface area contributed by atoms with Crippen LogP contribution in [0.25, 0.3) is 0 Å². The summed E-state index contributed by atoms with van der Waals surface area (Å²) in [6, 6.07) is 0. The third-order valence-electron chi connectivity index (χ3n) is 4.72. The molecule has 0 radical (unpaired) electrons. The summed E-state index contributed by atoms with van der Waals surface area (Å²) in [6.45, 7) is 7.54. The summed E-state index contributed by atoms with van der Waals surface area (Å²) in [7, 11) is 1.80. The maximum Gasteiger partial charge on any atom is 0.0736 e. The zero-order valence-electron chi connectivity index (χ0n) is 11.6. The molecule has 2 unspecified atom stereocenters. The monoisotopic (exact) mass is 240 g/mol. The Kier molecular flexibility index (Phi) is 4.11. The SMILES string of the molecule is COC(C)C(C)(CN)N(CC1CC1)CC1CC1. The van der Waals surface area contributed by atoms with Crippen LogP contribution in [-0.2, 0) is 4.74 Å². The van der Waals surface area contributed by atoms with E-state index in [-0.39, 0.29) is 11.6 Å². The molecule has 3 heteroatoms. The van der Waals surface area contributed by atoms with Crippen LogP contribution in [-0.4, -0.2) is 43.3 Å². The van der Waals surface area contributed by atoms with Crippen molar-refractivity contribution in [1.29, 1.82) is 0 Å². The van der Waals surface area contributed by atoms with Gasteiger partial charge in [-0.25, -0.2) is 0 Å². The van der Waals surface area contributed by atoms with Gasteiger partial charge in [0.05, 0.1) is 11.6 Å². The van der Waals surface area contributed by atoms with Crippen molar-refractivity contribution in [2.24, 2.45) is 17.6 Å². The summed E-state index contributed by atoms with van der Waals surface area (Å²) in [5, 5.41) is 0. The molecule has 0 saturated heterocycles. The Morgan fingerprint density at radius 3 is 2.00 bits per heavy atom. The molecule has 0 aromatic rings. The lowest BCUT2D eigenvalue weighted by molar-refractivity contribution is -0.0352. The van der Waals surface area contributed by atoms with Crippen LogP contribution in [0.3, 0.4) is 0 Å². The average molecular weight is 240 g/mol. The molecule has 2 aliphatic rings. The second kappa shape index (κ2) is 5.25. The van der Waals surface area contributed by atoms with Gasteiger partial charge < -0.3 is 10.5 Å². The molecule has 0 aromatic heterocycles. The predicted octanol–water partition coefficient (Wildman–Crippen LogP) is 1.86. The smallest absolute Gasteiger partial charge is 0.0736 e. The second-order valence-corrected chi connectivity index (χ2v) is 6.23. The normalized spacial score (nSPS) is 25.9. The number of nitrogens with two attached hydrogens (primary N) is 1. The van der Waals surface area contributed by atoms with Gasteiger partial charge in [-0.05, 0) is 51.4 Å². The highest BCUT2D eigenvalue weighted by Gasteiger charge is 2.41. The first-order valence-electron chi connectivity index (χ1n) is 7.08. The number of ether oxygens (including phenoxy) is 1. The van der Waals surface area contributed by atoms with Crippen molar-refractivity contribution in [3.8, 4) is 0 Å². The van der Waals surface area contributed by atoms with E-state index in [1.165, 1.54) is 38.8 Å².